The van der Waals surface area contributed by atoms with Gasteiger partial charge in [-0.3, -0.25) is 4.79 Å². The number of hydrogen-bond acceptors (Lipinski definition) is 3. The molecule has 0 aliphatic carbocycles. The maximum atomic E-state index is 12.3. The average molecular weight is 347 g/mol. The summed E-state index contributed by atoms with van der Waals surface area (Å²) < 4.78 is 5.82. The molecule has 1 aliphatic heterocycles. The Morgan fingerprint density at radius 2 is 1.80 bits per heavy atom. The predicted octanol–water partition coefficient (Wildman–Crippen LogP) is 2.47. The van der Waals surface area contributed by atoms with Crippen LogP contribution >= 0.6 is 0 Å². The van der Waals surface area contributed by atoms with Gasteiger partial charge in [-0.1, -0.05) is 12.1 Å². The second-order valence-corrected chi connectivity index (χ2v) is 6.63. The molecule has 0 bridgehead atoms. The molecule has 0 radical (unpaired) electrons. The van der Waals surface area contributed by atoms with Gasteiger partial charge in [-0.15, -0.1) is 0 Å². The maximum Gasteiger partial charge on any atom is 0.314 e. The molecule has 25 heavy (non-hydrogen) atoms. The van der Waals surface area contributed by atoms with Crippen molar-refractivity contribution in [2.45, 2.75) is 39.5 Å². The first-order chi connectivity index (χ1) is 12.0. The molecule has 2 N–H and O–H groups in total. The molecule has 2 rings (SSSR count). The molecule has 138 valence electrons. The molecular formula is C19H29N3O3. The number of nitrogens with zero attached hydrogens (tertiary/aromatic N) is 2. The number of benzene rings is 1. The Morgan fingerprint density at radius 3 is 2.56 bits per heavy atom. The Balaban J connectivity index is 1.67. The van der Waals surface area contributed by atoms with Crippen molar-refractivity contribution in [3.63, 3.8) is 0 Å². The number of rotatable bonds is 6. The van der Waals surface area contributed by atoms with E-state index in [9.17, 15) is 9.59 Å². The van der Waals surface area contributed by atoms with Crippen LogP contribution in [0.25, 0.3) is 0 Å². The molecule has 3 amide bonds. The van der Waals surface area contributed by atoms with Gasteiger partial charge in [0.1, 0.15) is 5.75 Å². The van der Waals surface area contributed by atoms with Crippen LogP contribution in [-0.4, -0.2) is 54.5 Å². The first-order valence-corrected chi connectivity index (χ1v) is 8.99. The summed E-state index contributed by atoms with van der Waals surface area (Å²) in [4.78, 5) is 27.0. The molecule has 0 unspecified atom stereocenters. The van der Waals surface area contributed by atoms with Gasteiger partial charge < -0.3 is 20.3 Å². The smallest absolute Gasteiger partial charge is 0.314 e. The van der Waals surface area contributed by atoms with Gasteiger partial charge in [-0.25, -0.2) is 4.79 Å². The first kappa shape index (κ1) is 19.1. The number of unbranched alkanes of at least 4 members (excludes halogenated alkanes) is 1. The summed E-state index contributed by atoms with van der Waals surface area (Å²) in [6.07, 6.45) is 2.96. The SMILES string of the molecule is Cc1ccc(C)c(OCCCCC(=O)N2CCCN(C(N)=O)CC2)c1. The van der Waals surface area contributed by atoms with Crippen LogP contribution in [0.5, 0.6) is 5.75 Å². The number of ether oxygens (including phenoxy) is 1. The van der Waals surface area contributed by atoms with E-state index in [4.69, 9.17) is 10.5 Å². The second kappa shape index (κ2) is 9.30. The highest BCUT2D eigenvalue weighted by atomic mass is 16.5. The minimum absolute atomic E-state index is 0.151. The van der Waals surface area contributed by atoms with E-state index >= 15 is 0 Å². The number of carbonyl (C=O) groups excluding carboxylic acids is 2. The Hall–Kier alpha value is -2.24. The lowest BCUT2D eigenvalue weighted by Gasteiger charge is -2.21. The third-order valence-electron chi connectivity index (χ3n) is 4.55. The fraction of sp³-hybridized carbons (Fsp3) is 0.579. The molecule has 6 nitrogen and oxygen atoms in total. The minimum atomic E-state index is -0.405. The number of nitrogens with two attached hydrogens (primary N) is 1. The number of urea groups is 1. The Bertz CT molecular complexity index is 604. The number of aryl methyl sites for hydroxylation is 2. The number of primary amides is 1. The lowest BCUT2D eigenvalue weighted by Crippen LogP contribution is -2.39. The van der Waals surface area contributed by atoms with Crippen LogP contribution in [0.4, 0.5) is 4.79 Å². The fourth-order valence-electron chi connectivity index (χ4n) is 2.97. The molecule has 1 aliphatic rings. The van der Waals surface area contributed by atoms with E-state index in [2.05, 4.69) is 12.1 Å². The molecule has 0 atom stereocenters. The van der Waals surface area contributed by atoms with Crippen molar-refractivity contribution in [1.29, 1.82) is 0 Å². The van der Waals surface area contributed by atoms with Crippen LogP contribution in [0, 0.1) is 13.8 Å². The summed E-state index contributed by atoms with van der Waals surface area (Å²) in [5.41, 5.74) is 7.62. The third kappa shape index (κ3) is 5.96. The van der Waals surface area contributed by atoms with E-state index < -0.39 is 6.03 Å². The van der Waals surface area contributed by atoms with Crippen molar-refractivity contribution in [2.24, 2.45) is 5.73 Å². The first-order valence-electron chi connectivity index (χ1n) is 8.99. The molecule has 0 spiro atoms. The zero-order valence-electron chi connectivity index (χ0n) is 15.3. The average Bonchev–Trinajstić information content (AvgIpc) is 2.83. The van der Waals surface area contributed by atoms with Gasteiger partial charge in [0.2, 0.25) is 5.91 Å². The quantitative estimate of drug-likeness (QED) is 0.803. The largest absolute Gasteiger partial charge is 0.493 e. The highest BCUT2D eigenvalue weighted by Gasteiger charge is 2.20. The van der Waals surface area contributed by atoms with Crippen molar-refractivity contribution < 1.29 is 14.3 Å². The Morgan fingerprint density at radius 1 is 1.08 bits per heavy atom. The van der Waals surface area contributed by atoms with Crippen molar-refractivity contribution in [3.05, 3.63) is 29.3 Å². The number of hydrogen-bond donors (Lipinski definition) is 1. The number of amides is 3. The second-order valence-electron chi connectivity index (χ2n) is 6.63. The van der Waals surface area contributed by atoms with Gasteiger partial charge in [0, 0.05) is 32.6 Å². The predicted molar refractivity (Wildman–Crippen MR) is 97.6 cm³/mol. The standard InChI is InChI=1S/C19H29N3O3/c1-15-7-8-16(2)17(14-15)25-13-4-3-6-18(23)21-9-5-10-22(12-11-21)19(20)24/h7-8,14H,3-6,9-13H2,1-2H3,(H2,20,24). The topological polar surface area (TPSA) is 75.9 Å². The summed E-state index contributed by atoms with van der Waals surface area (Å²) in [6.45, 7) is 7.12. The molecule has 0 saturated carbocycles. The molecule has 1 fully saturated rings. The monoisotopic (exact) mass is 347 g/mol. The molecular weight excluding hydrogens is 318 g/mol. The van der Waals surface area contributed by atoms with Crippen molar-refractivity contribution in [1.82, 2.24) is 9.80 Å². The van der Waals surface area contributed by atoms with Crippen LogP contribution in [0.2, 0.25) is 0 Å². The Kier molecular flexibility index (Phi) is 7.10. The maximum absolute atomic E-state index is 12.3. The zero-order chi connectivity index (χ0) is 18.2. The highest BCUT2D eigenvalue weighted by Crippen LogP contribution is 2.19. The number of carbonyl (C=O) groups is 2. The molecule has 1 saturated heterocycles. The van der Waals surface area contributed by atoms with Gasteiger partial charge in [0.15, 0.2) is 0 Å². The fourth-order valence-corrected chi connectivity index (χ4v) is 2.97. The molecule has 1 heterocycles. The van der Waals surface area contributed by atoms with Crippen LogP contribution in [0.3, 0.4) is 0 Å². The minimum Gasteiger partial charge on any atom is -0.493 e. The Labute approximate surface area is 149 Å². The van der Waals surface area contributed by atoms with Gasteiger partial charge in [-0.05, 0) is 50.3 Å². The highest BCUT2D eigenvalue weighted by molar-refractivity contribution is 5.76. The normalized spacial score (nSPS) is 15.0. The van der Waals surface area contributed by atoms with E-state index in [1.54, 1.807) is 4.90 Å². The van der Waals surface area contributed by atoms with Crippen LogP contribution in [0.15, 0.2) is 18.2 Å². The van der Waals surface area contributed by atoms with Crippen LogP contribution in [0.1, 0.15) is 36.8 Å². The zero-order valence-corrected chi connectivity index (χ0v) is 15.3. The van der Waals surface area contributed by atoms with Crippen LogP contribution in [-0.2, 0) is 4.79 Å². The molecule has 6 heteroatoms. The van der Waals surface area contributed by atoms with Crippen molar-refractivity contribution >= 4 is 11.9 Å². The van der Waals surface area contributed by atoms with E-state index in [0.717, 1.165) is 30.6 Å². The summed E-state index contributed by atoms with van der Waals surface area (Å²) >= 11 is 0. The van der Waals surface area contributed by atoms with Crippen molar-refractivity contribution in [3.8, 4) is 5.75 Å². The van der Waals surface area contributed by atoms with Gasteiger partial charge in [0.25, 0.3) is 0 Å². The summed E-state index contributed by atoms with van der Waals surface area (Å²) in [7, 11) is 0. The summed E-state index contributed by atoms with van der Waals surface area (Å²) in [5.74, 6) is 1.07. The summed E-state index contributed by atoms with van der Waals surface area (Å²) in [6, 6.07) is 5.77. The lowest BCUT2D eigenvalue weighted by atomic mass is 10.1. The van der Waals surface area contributed by atoms with E-state index in [1.165, 1.54) is 5.56 Å². The third-order valence-corrected chi connectivity index (χ3v) is 4.55. The molecule has 1 aromatic rings. The molecule has 1 aromatic carbocycles. The van der Waals surface area contributed by atoms with Gasteiger partial charge >= 0.3 is 6.03 Å². The van der Waals surface area contributed by atoms with E-state index in [-0.39, 0.29) is 5.91 Å². The lowest BCUT2D eigenvalue weighted by molar-refractivity contribution is -0.131. The van der Waals surface area contributed by atoms with Crippen LogP contribution < -0.4 is 10.5 Å². The van der Waals surface area contributed by atoms with E-state index in [0.29, 0.717) is 39.2 Å². The van der Waals surface area contributed by atoms with Gasteiger partial charge in [0.05, 0.1) is 6.61 Å². The summed E-state index contributed by atoms with van der Waals surface area (Å²) in [5, 5.41) is 0. The van der Waals surface area contributed by atoms with Crippen molar-refractivity contribution in [2.75, 3.05) is 32.8 Å². The molecule has 0 aromatic heterocycles. The van der Waals surface area contributed by atoms with Gasteiger partial charge in [-0.2, -0.15) is 0 Å². The van der Waals surface area contributed by atoms with E-state index in [1.807, 2.05) is 24.8 Å².